The molecule has 0 amide bonds. The highest BCUT2D eigenvalue weighted by molar-refractivity contribution is 5.36. The van der Waals surface area contributed by atoms with Crippen molar-refractivity contribution in [1.29, 1.82) is 0 Å². The fourth-order valence-electron chi connectivity index (χ4n) is 2.13. The Hall–Kier alpha value is -1.38. The molecule has 80 valence electrons. The van der Waals surface area contributed by atoms with Crippen molar-refractivity contribution >= 4 is 5.69 Å². The fourth-order valence-corrected chi connectivity index (χ4v) is 2.13. The molecule has 0 aliphatic heterocycles. The quantitative estimate of drug-likeness (QED) is 0.560. The van der Waals surface area contributed by atoms with Gasteiger partial charge in [0.2, 0.25) is 0 Å². The molecule has 1 unspecified atom stereocenters. The normalized spacial score (nSPS) is 18.2. The maximum Gasteiger partial charge on any atom is 0.269 e. The van der Waals surface area contributed by atoms with Crippen LogP contribution in [0.1, 0.15) is 37.7 Å². The lowest BCUT2D eigenvalue weighted by molar-refractivity contribution is -0.384. The number of nitro groups is 1. The van der Waals surface area contributed by atoms with Crippen LogP contribution < -0.4 is 0 Å². The van der Waals surface area contributed by atoms with Gasteiger partial charge in [-0.05, 0) is 30.2 Å². The number of hydrogen-bond donors (Lipinski definition) is 0. The maximum atomic E-state index is 10.6. The molecule has 1 aromatic carbocycles. The summed E-state index contributed by atoms with van der Waals surface area (Å²) in [6.07, 6.45) is 3.84. The summed E-state index contributed by atoms with van der Waals surface area (Å²) >= 11 is 0. The Morgan fingerprint density at radius 3 is 2.73 bits per heavy atom. The minimum absolute atomic E-state index is 0.207. The Kier molecular flexibility index (Phi) is 2.71. The zero-order valence-corrected chi connectivity index (χ0v) is 8.85. The number of nitrogens with zero attached hydrogens (tertiary/aromatic N) is 1. The molecule has 0 heterocycles. The lowest BCUT2D eigenvalue weighted by atomic mass is 9.74. The van der Waals surface area contributed by atoms with Crippen LogP contribution in [0.25, 0.3) is 0 Å². The van der Waals surface area contributed by atoms with E-state index in [2.05, 4.69) is 6.92 Å². The smallest absolute Gasteiger partial charge is 0.258 e. The fraction of sp³-hybridized carbons (Fsp3) is 0.500. The van der Waals surface area contributed by atoms with Crippen LogP contribution >= 0.6 is 0 Å². The first-order valence-corrected chi connectivity index (χ1v) is 5.43. The first-order chi connectivity index (χ1) is 7.18. The molecule has 3 heteroatoms. The second-order valence-electron chi connectivity index (χ2n) is 4.33. The van der Waals surface area contributed by atoms with Crippen LogP contribution in [0.5, 0.6) is 0 Å². The lowest BCUT2D eigenvalue weighted by Crippen LogP contribution is -2.18. The topological polar surface area (TPSA) is 43.1 Å². The molecule has 1 atom stereocenters. The van der Waals surface area contributed by atoms with Gasteiger partial charge in [-0.25, -0.2) is 0 Å². The van der Waals surface area contributed by atoms with Crippen molar-refractivity contribution in [1.82, 2.24) is 0 Å². The summed E-state index contributed by atoms with van der Waals surface area (Å²) in [5, 5.41) is 10.6. The summed E-state index contributed by atoms with van der Waals surface area (Å²) in [7, 11) is 0. The van der Waals surface area contributed by atoms with Crippen LogP contribution in [0.15, 0.2) is 24.3 Å². The SMILES string of the molecule is CC(c1cccc([N+](=O)[O-])c1)C1CCC1. The van der Waals surface area contributed by atoms with E-state index in [1.807, 2.05) is 6.07 Å². The second-order valence-corrected chi connectivity index (χ2v) is 4.33. The molecule has 0 radical (unpaired) electrons. The van der Waals surface area contributed by atoms with Crippen molar-refractivity contribution in [3.05, 3.63) is 39.9 Å². The zero-order chi connectivity index (χ0) is 10.8. The third kappa shape index (κ3) is 2.01. The largest absolute Gasteiger partial charge is 0.269 e. The summed E-state index contributed by atoms with van der Waals surface area (Å²) in [5.41, 5.74) is 1.31. The van der Waals surface area contributed by atoms with E-state index in [1.54, 1.807) is 18.2 Å². The highest BCUT2D eigenvalue weighted by Crippen LogP contribution is 2.39. The number of non-ortho nitro benzene ring substituents is 1. The van der Waals surface area contributed by atoms with Gasteiger partial charge >= 0.3 is 0 Å². The monoisotopic (exact) mass is 205 g/mol. The van der Waals surface area contributed by atoms with E-state index in [4.69, 9.17) is 0 Å². The van der Waals surface area contributed by atoms with Crippen molar-refractivity contribution in [2.24, 2.45) is 5.92 Å². The van der Waals surface area contributed by atoms with Crippen molar-refractivity contribution in [2.75, 3.05) is 0 Å². The molecular formula is C12H15NO2. The molecule has 3 nitrogen and oxygen atoms in total. The van der Waals surface area contributed by atoms with Gasteiger partial charge in [0, 0.05) is 12.1 Å². The van der Waals surface area contributed by atoms with E-state index < -0.39 is 0 Å². The Bertz CT molecular complexity index is 372. The van der Waals surface area contributed by atoms with Gasteiger partial charge in [-0.2, -0.15) is 0 Å². The zero-order valence-electron chi connectivity index (χ0n) is 8.85. The van der Waals surface area contributed by atoms with Crippen LogP contribution in [-0.4, -0.2) is 4.92 Å². The molecule has 1 fully saturated rings. The number of rotatable bonds is 3. The van der Waals surface area contributed by atoms with Crippen LogP contribution in [-0.2, 0) is 0 Å². The molecule has 1 saturated carbocycles. The third-order valence-corrected chi connectivity index (χ3v) is 3.46. The highest BCUT2D eigenvalue weighted by Gasteiger charge is 2.25. The first-order valence-electron chi connectivity index (χ1n) is 5.43. The molecule has 1 aromatic rings. The van der Waals surface area contributed by atoms with E-state index in [-0.39, 0.29) is 10.6 Å². The summed E-state index contributed by atoms with van der Waals surface area (Å²) in [5.74, 6) is 1.19. The van der Waals surface area contributed by atoms with E-state index in [9.17, 15) is 10.1 Å². The molecule has 15 heavy (non-hydrogen) atoms. The van der Waals surface area contributed by atoms with Crippen molar-refractivity contribution < 1.29 is 4.92 Å². The summed E-state index contributed by atoms with van der Waals surface area (Å²) in [6.45, 7) is 2.17. The van der Waals surface area contributed by atoms with E-state index in [0.29, 0.717) is 5.92 Å². The molecule has 0 saturated heterocycles. The molecular weight excluding hydrogens is 190 g/mol. The van der Waals surface area contributed by atoms with E-state index in [1.165, 1.54) is 19.3 Å². The van der Waals surface area contributed by atoms with Gasteiger partial charge in [-0.3, -0.25) is 10.1 Å². The molecule has 0 aromatic heterocycles. The van der Waals surface area contributed by atoms with Gasteiger partial charge in [-0.1, -0.05) is 25.5 Å². The van der Waals surface area contributed by atoms with E-state index >= 15 is 0 Å². The van der Waals surface area contributed by atoms with Gasteiger partial charge < -0.3 is 0 Å². The lowest BCUT2D eigenvalue weighted by Gasteiger charge is -2.31. The summed E-state index contributed by atoms with van der Waals surface area (Å²) in [6, 6.07) is 7.04. The molecule has 1 aliphatic carbocycles. The van der Waals surface area contributed by atoms with Crippen LogP contribution in [0.2, 0.25) is 0 Å². The first kappa shape index (κ1) is 10.1. The molecule has 0 bridgehead atoms. The second kappa shape index (κ2) is 4.01. The average Bonchev–Trinajstić information content (AvgIpc) is 2.15. The Labute approximate surface area is 89.3 Å². The van der Waals surface area contributed by atoms with Crippen LogP contribution in [0.3, 0.4) is 0 Å². The Morgan fingerprint density at radius 1 is 1.47 bits per heavy atom. The van der Waals surface area contributed by atoms with Gasteiger partial charge in [0.1, 0.15) is 0 Å². The molecule has 1 aliphatic rings. The van der Waals surface area contributed by atoms with Gasteiger partial charge in [-0.15, -0.1) is 0 Å². The average molecular weight is 205 g/mol. The van der Waals surface area contributed by atoms with E-state index in [0.717, 1.165) is 11.5 Å². The molecule has 2 rings (SSSR count). The predicted molar refractivity (Wildman–Crippen MR) is 58.9 cm³/mol. The van der Waals surface area contributed by atoms with Gasteiger partial charge in [0.25, 0.3) is 5.69 Å². The minimum Gasteiger partial charge on any atom is -0.258 e. The Morgan fingerprint density at radius 2 is 2.20 bits per heavy atom. The Balaban J connectivity index is 2.19. The van der Waals surface area contributed by atoms with Gasteiger partial charge in [0.05, 0.1) is 4.92 Å². The third-order valence-electron chi connectivity index (χ3n) is 3.46. The molecule has 0 spiro atoms. The molecule has 0 N–H and O–H groups in total. The minimum atomic E-state index is -0.322. The number of nitro benzene ring substituents is 1. The van der Waals surface area contributed by atoms with Crippen molar-refractivity contribution in [3.63, 3.8) is 0 Å². The van der Waals surface area contributed by atoms with Crippen molar-refractivity contribution in [3.8, 4) is 0 Å². The number of benzene rings is 1. The van der Waals surface area contributed by atoms with Crippen LogP contribution in [0.4, 0.5) is 5.69 Å². The summed E-state index contributed by atoms with van der Waals surface area (Å²) in [4.78, 5) is 10.3. The standard InChI is InChI=1S/C12H15NO2/c1-9(10-4-2-5-10)11-6-3-7-12(8-11)13(14)15/h3,6-10H,2,4-5H2,1H3. The van der Waals surface area contributed by atoms with Crippen molar-refractivity contribution in [2.45, 2.75) is 32.1 Å². The number of hydrogen-bond acceptors (Lipinski definition) is 2. The highest BCUT2D eigenvalue weighted by atomic mass is 16.6. The maximum absolute atomic E-state index is 10.6. The van der Waals surface area contributed by atoms with Gasteiger partial charge in [0.15, 0.2) is 0 Å². The van der Waals surface area contributed by atoms with Crippen LogP contribution in [0, 0.1) is 16.0 Å². The summed E-state index contributed by atoms with van der Waals surface area (Å²) < 4.78 is 0. The predicted octanol–water partition coefficient (Wildman–Crippen LogP) is 3.50.